The van der Waals surface area contributed by atoms with Crippen molar-refractivity contribution in [1.29, 1.82) is 5.26 Å². The van der Waals surface area contributed by atoms with Gasteiger partial charge < -0.3 is 0 Å². The van der Waals surface area contributed by atoms with E-state index >= 15 is 0 Å². The van der Waals surface area contributed by atoms with Crippen LogP contribution in [0.1, 0.15) is 13.3 Å². The summed E-state index contributed by atoms with van der Waals surface area (Å²) in [5.41, 5.74) is 0. The first-order valence-corrected chi connectivity index (χ1v) is 4.78. The average Bonchev–Trinajstić information content (AvgIpc) is 1.89. The molecule has 0 spiro atoms. The third-order valence-corrected chi connectivity index (χ3v) is 3.56. The van der Waals surface area contributed by atoms with Crippen LogP contribution in [0.3, 0.4) is 0 Å². The largest absolute Gasteiger partial charge is 0.229 e. The molecule has 4 nitrogen and oxygen atoms in total. The van der Waals surface area contributed by atoms with Crippen molar-refractivity contribution in [2.75, 3.05) is 14.1 Å². The number of nitriles is 1. The molecule has 0 rings (SSSR count). The molecule has 0 aliphatic rings. The molecule has 0 aliphatic carbocycles. The lowest BCUT2D eigenvalue weighted by Crippen LogP contribution is -2.32. The van der Waals surface area contributed by atoms with Crippen molar-refractivity contribution in [2.45, 2.75) is 18.6 Å². The van der Waals surface area contributed by atoms with E-state index in [4.69, 9.17) is 5.26 Å². The number of nitrogens with zero attached hydrogens (tertiary/aromatic N) is 2. The van der Waals surface area contributed by atoms with Crippen LogP contribution < -0.4 is 0 Å². The first kappa shape index (κ1) is 10.4. The Balaban J connectivity index is 4.71. The minimum absolute atomic E-state index is 0.330. The molecular weight excluding hydrogens is 164 g/mol. The van der Waals surface area contributed by atoms with E-state index in [9.17, 15) is 8.42 Å². The number of hydrogen-bond acceptors (Lipinski definition) is 3. The van der Waals surface area contributed by atoms with Gasteiger partial charge in [0.2, 0.25) is 10.0 Å². The van der Waals surface area contributed by atoms with Crippen LogP contribution in [0.4, 0.5) is 0 Å². The van der Waals surface area contributed by atoms with E-state index in [1.54, 1.807) is 13.0 Å². The highest BCUT2D eigenvalue weighted by molar-refractivity contribution is 7.89. The lowest BCUT2D eigenvalue weighted by atomic mass is 10.4. The summed E-state index contributed by atoms with van der Waals surface area (Å²) in [6, 6.07) is 1.74. The molecule has 0 bridgehead atoms. The van der Waals surface area contributed by atoms with Gasteiger partial charge in [0.1, 0.15) is 0 Å². The average molecular weight is 176 g/mol. The normalized spacial score (nSPS) is 14.5. The maximum atomic E-state index is 11.2. The van der Waals surface area contributed by atoms with Crippen molar-refractivity contribution >= 4 is 10.0 Å². The summed E-state index contributed by atoms with van der Waals surface area (Å²) in [6.07, 6.45) is 0.330. The van der Waals surface area contributed by atoms with E-state index in [2.05, 4.69) is 0 Å². The highest BCUT2D eigenvalue weighted by Crippen LogP contribution is 2.07. The number of hydrogen-bond donors (Lipinski definition) is 0. The Morgan fingerprint density at radius 2 is 2.00 bits per heavy atom. The number of rotatable bonds is 3. The van der Waals surface area contributed by atoms with E-state index in [-0.39, 0.29) is 0 Å². The molecule has 5 heteroatoms. The fraction of sp³-hybridized carbons (Fsp3) is 0.833. The first-order valence-electron chi connectivity index (χ1n) is 3.27. The monoisotopic (exact) mass is 176 g/mol. The summed E-state index contributed by atoms with van der Waals surface area (Å²) in [7, 11) is -0.515. The van der Waals surface area contributed by atoms with Gasteiger partial charge in [-0.2, -0.15) is 5.26 Å². The van der Waals surface area contributed by atoms with Crippen LogP contribution in [0.5, 0.6) is 0 Å². The molecule has 0 fully saturated rings. The maximum absolute atomic E-state index is 11.2. The van der Waals surface area contributed by atoms with Gasteiger partial charge in [-0.3, -0.25) is 0 Å². The minimum Gasteiger partial charge on any atom is -0.211 e. The molecule has 1 atom stereocenters. The molecular formula is C6H12N2O2S. The van der Waals surface area contributed by atoms with E-state index in [1.807, 2.05) is 0 Å². The Labute approximate surface area is 67.5 Å². The first-order chi connectivity index (χ1) is 4.96. The second kappa shape index (κ2) is 3.69. The van der Waals surface area contributed by atoms with Gasteiger partial charge >= 0.3 is 0 Å². The quantitative estimate of drug-likeness (QED) is 0.616. The summed E-state index contributed by atoms with van der Waals surface area (Å²) in [6.45, 7) is 1.68. The molecule has 1 unspecified atom stereocenters. The maximum Gasteiger partial charge on any atom is 0.229 e. The third-order valence-electron chi connectivity index (χ3n) is 1.38. The molecule has 0 radical (unpaired) electrons. The van der Waals surface area contributed by atoms with Crippen molar-refractivity contribution in [3.05, 3.63) is 0 Å². The summed E-state index contributed by atoms with van der Waals surface area (Å²) in [4.78, 5) is 0. The lowest BCUT2D eigenvalue weighted by molar-refractivity contribution is 0.512. The van der Waals surface area contributed by atoms with Crippen molar-refractivity contribution in [2.24, 2.45) is 0 Å². The zero-order valence-electron chi connectivity index (χ0n) is 6.90. The smallest absolute Gasteiger partial charge is 0.211 e. The van der Waals surface area contributed by atoms with Crippen molar-refractivity contribution in [3.8, 4) is 6.07 Å². The fourth-order valence-corrected chi connectivity index (χ4v) is 1.69. The van der Waals surface area contributed by atoms with Gasteiger partial charge in [0.15, 0.2) is 5.25 Å². The van der Waals surface area contributed by atoms with Crippen molar-refractivity contribution < 1.29 is 8.42 Å². The molecule has 0 aliphatic heterocycles. The van der Waals surface area contributed by atoms with Gasteiger partial charge in [0.05, 0.1) is 6.07 Å². The van der Waals surface area contributed by atoms with E-state index in [0.717, 1.165) is 4.31 Å². The molecule has 0 N–H and O–H groups in total. The Morgan fingerprint density at radius 3 is 2.09 bits per heavy atom. The Kier molecular flexibility index (Phi) is 3.49. The van der Waals surface area contributed by atoms with E-state index in [0.29, 0.717) is 6.42 Å². The van der Waals surface area contributed by atoms with Gasteiger partial charge in [-0.25, -0.2) is 12.7 Å². The fourth-order valence-electron chi connectivity index (χ4n) is 0.623. The van der Waals surface area contributed by atoms with Crippen LogP contribution in [0.25, 0.3) is 0 Å². The van der Waals surface area contributed by atoms with Crippen LogP contribution in [-0.4, -0.2) is 32.1 Å². The topological polar surface area (TPSA) is 61.2 Å². The molecule has 0 amide bonds. The van der Waals surface area contributed by atoms with Gasteiger partial charge in [-0.05, 0) is 6.42 Å². The number of sulfonamides is 1. The SMILES string of the molecule is CCC(C#N)S(=O)(=O)N(C)C. The summed E-state index contributed by atoms with van der Waals surface area (Å²) >= 11 is 0. The van der Waals surface area contributed by atoms with E-state index in [1.165, 1.54) is 14.1 Å². The van der Waals surface area contributed by atoms with Crippen LogP contribution in [-0.2, 0) is 10.0 Å². The van der Waals surface area contributed by atoms with Crippen LogP contribution >= 0.6 is 0 Å². The van der Waals surface area contributed by atoms with Crippen LogP contribution in [0.15, 0.2) is 0 Å². The standard InChI is InChI=1S/C6H12N2O2S/c1-4-6(5-7)11(9,10)8(2)3/h6H,4H2,1-3H3. The van der Waals surface area contributed by atoms with E-state index < -0.39 is 15.3 Å². The predicted molar refractivity (Wildman–Crippen MR) is 42.3 cm³/mol. The molecule has 0 aromatic carbocycles. The third kappa shape index (κ3) is 2.17. The summed E-state index contributed by atoms with van der Waals surface area (Å²) in [5, 5.41) is 7.55. The van der Waals surface area contributed by atoms with Gasteiger partial charge in [-0.15, -0.1) is 0 Å². The van der Waals surface area contributed by atoms with Crippen LogP contribution in [0.2, 0.25) is 0 Å². The van der Waals surface area contributed by atoms with Gasteiger partial charge in [0.25, 0.3) is 0 Å². The summed E-state index contributed by atoms with van der Waals surface area (Å²) < 4.78 is 23.5. The molecule has 0 aromatic heterocycles. The van der Waals surface area contributed by atoms with Crippen molar-refractivity contribution in [1.82, 2.24) is 4.31 Å². The van der Waals surface area contributed by atoms with Gasteiger partial charge in [-0.1, -0.05) is 6.92 Å². The lowest BCUT2D eigenvalue weighted by Gasteiger charge is -2.13. The second-order valence-corrected chi connectivity index (χ2v) is 4.68. The molecule has 0 heterocycles. The van der Waals surface area contributed by atoms with Crippen molar-refractivity contribution in [3.63, 3.8) is 0 Å². The highest BCUT2D eigenvalue weighted by Gasteiger charge is 2.25. The van der Waals surface area contributed by atoms with Crippen LogP contribution in [0, 0.1) is 11.3 Å². The zero-order valence-corrected chi connectivity index (χ0v) is 7.72. The Morgan fingerprint density at radius 1 is 1.55 bits per heavy atom. The molecule has 64 valence electrons. The second-order valence-electron chi connectivity index (χ2n) is 2.35. The molecule has 0 saturated carbocycles. The molecule has 11 heavy (non-hydrogen) atoms. The Bertz CT molecular complexity index is 250. The molecule has 0 aromatic rings. The zero-order chi connectivity index (χ0) is 9.07. The predicted octanol–water partition coefficient (Wildman–Crippen LogP) is 0.180. The molecule has 0 saturated heterocycles. The summed E-state index contributed by atoms with van der Waals surface area (Å²) in [5.74, 6) is 0. The van der Waals surface area contributed by atoms with Gasteiger partial charge in [0, 0.05) is 14.1 Å². The Hall–Kier alpha value is -0.600. The minimum atomic E-state index is -3.37. The highest BCUT2D eigenvalue weighted by atomic mass is 32.2.